The Morgan fingerprint density at radius 1 is 0.273 bits per heavy atom. The summed E-state index contributed by atoms with van der Waals surface area (Å²) in [5.74, 6) is -0.520. The number of unbranched alkanes of at least 4 members (excludes halogenated alkanes) is 49. The molecule has 0 saturated carbocycles. The molecule has 0 saturated heterocycles. The molecule has 0 aliphatic rings. The van der Waals surface area contributed by atoms with Crippen LogP contribution in [0.2, 0.25) is 0 Å². The lowest BCUT2D eigenvalue weighted by molar-refractivity contribution is -0.161. The molecule has 0 aromatic rings. The molecule has 3 N–H and O–H groups in total. The molecule has 0 aliphatic heterocycles. The molecule has 0 bridgehead atoms. The van der Waals surface area contributed by atoms with Crippen molar-refractivity contribution < 1.29 is 80.2 Å². The lowest BCUT2D eigenvalue weighted by Crippen LogP contribution is -2.30. The summed E-state index contributed by atoms with van der Waals surface area (Å²) < 4.78 is 68.7. The van der Waals surface area contributed by atoms with E-state index in [1.54, 1.807) is 0 Å². The van der Waals surface area contributed by atoms with Gasteiger partial charge < -0.3 is 33.8 Å². The number of rotatable bonds is 79. The van der Waals surface area contributed by atoms with Crippen molar-refractivity contribution in [2.45, 2.75) is 439 Å². The van der Waals surface area contributed by atoms with Crippen molar-refractivity contribution in [1.82, 2.24) is 0 Å². The fraction of sp³-hybridized carbons (Fsp3) is 0.950. The number of aliphatic hydroxyl groups is 1. The van der Waals surface area contributed by atoms with Gasteiger partial charge in [0.25, 0.3) is 0 Å². The van der Waals surface area contributed by atoms with Crippen LogP contribution in [0.4, 0.5) is 0 Å². The zero-order chi connectivity index (χ0) is 72.8. The van der Waals surface area contributed by atoms with Crippen molar-refractivity contribution in [2.75, 3.05) is 39.6 Å². The number of aliphatic hydroxyl groups excluding tert-OH is 1. The Hall–Kier alpha value is -1.94. The molecule has 0 aliphatic carbocycles. The van der Waals surface area contributed by atoms with Crippen LogP contribution in [0.15, 0.2) is 0 Å². The number of carbonyl (C=O) groups is 4. The average Bonchev–Trinajstić information content (AvgIpc) is 1.08. The van der Waals surface area contributed by atoms with E-state index in [1.165, 1.54) is 238 Å². The molecule has 0 radical (unpaired) electrons. The Labute approximate surface area is 607 Å². The Kier molecular flexibility index (Phi) is 70.3. The van der Waals surface area contributed by atoms with Crippen molar-refractivity contribution in [3.05, 3.63) is 0 Å². The first-order chi connectivity index (χ1) is 47.9. The number of phosphoric ester groups is 2. The van der Waals surface area contributed by atoms with E-state index in [4.69, 9.17) is 37.0 Å². The average molecular weight is 1450 g/mol. The summed E-state index contributed by atoms with van der Waals surface area (Å²) in [5.41, 5.74) is 0. The lowest BCUT2D eigenvalue weighted by atomic mass is 10.0. The fourth-order valence-electron chi connectivity index (χ4n) is 12.4. The van der Waals surface area contributed by atoms with Crippen molar-refractivity contribution in [3.63, 3.8) is 0 Å². The monoisotopic (exact) mass is 1450 g/mol. The summed E-state index contributed by atoms with van der Waals surface area (Å²) in [6.45, 7) is 9.68. The number of esters is 4. The van der Waals surface area contributed by atoms with Gasteiger partial charge in [0.1, 0.15) is 19.3 Å². The van der Waals surface area contributed by atoms with Crippen LogP contribution in [0.1, 0.15) is 420 Å². The van der Waals surface area contributed by atoms with Gasteiger partial charge in [0.15, 0.2) is 12.2 Å². The predicted octanol–water partition coefficient (Wildman–Crippen LogP) is 23.9. The highest BCUT2D eigenvalue weighted by molar-refractivity contribution is 7.47. The third kappa shape index (κ3) is 74.1. The van der Waals surface area contributed by atoms with E-state index in [0.717, 1.165) is 102 Å². The first kappa shape index (κ1) is 97.1. The van der Waals surface area contributed by atoms with Crippen LogP contribution >= 0.6 is 15.6 Å². The molecule has 99 heavy (non-hydrogen) atoms. The minimum atomic E-state index is -4.96. The molecule has 17 nitrogen and oxygen atoms in total. The minimum absolute atomic E-state index is 0.108. The SMILES string of the molecule is CCCCCCCCCCCCCCCC(=O)OC[C@H](COP(=O)(O)OC[C@H](O)COP(=O)(O)OC[C@@H](COC(=O)CCCCCCCCCCCCCCCC(C)C)OC(=O)CCCCCCCCCCCCCCCCC(C)C)OC(=O)CCCCCCCCCCCCCCC. The molecule has 0 spiro atoms. The maximum absolute atomic E-state index is 13.1. The summed E-state index contributed by atoms with van der Waals surface area (Å²) in [6, 6.07) is 0. The first-order valence-electron chi connectivity index (χ1n) is 41.5. The Morgan fingerprint density at radius 2 is 0.465 bits per heavy atom. The van der Waals surface area contributed by atoms with Gasteiger partial charge >= 0.3 is 39.5 Å². The molecule has 0 rings (SSSR count). The maximum atomic E-state index is 13.1. The van der Waals surface area contributed by atoms with E-state index >= 15 is 0 Å². The summed E-state index contributed by atoms with van der Waals surface area (Å²) in [6.07, 6.45) is 60.8. The van der Waals surface area contributed by atoms with E-state index < -0.39 is 97.5 Å². The van der Waals surface area contributed by atoms with Gasteiger partial charge in [-0.1, -0.05) is 369 Å². The van der Waals surface area contributed by atoms with E-state index in [9.17, 15) is 43.2 Å². The first-order valence-corrected chi connectivity index (χ1v) is 44.5. The molecule has 0 heterocycles. The lowest BCUT2D eigenvalue weighted by Gasteiger charge is -2.21. The number of carbonyl (C=O) groups excluding carboxylic acids is 4. The molecule has 0 fully saturated rings. The van der Waals surface area contributed by atoms with Crippen molar-refractivity contribution in [3.8, 4) is 0 Å². The van der Waals surface area contributed by atoms with Crippen LogP contribution in [0.5, 0.6) is 0 Å². The number of ether oxygens (including phenoxy) is 4. The largest absolute Gasteiger partial charge is 0.472 e. The highest BCUT2D eigenvalue weighted by atomic mass is 31.2. The van der Waals surface area contributed by atoms with Crippen LogP contribution in [0.3, 0.4) is 0 Å². The smallest absolute Gasteiger partial charge is 0.462 e. The molecule has 19 heteroatoms. The standard InChI is InChI=1S/C80H156O17P2/c1-7-9-11-13-15-17-19-24-32-38-44-50-56-62-77(82)90-68-75(96-79(84)64-58-52-46-40-34-25-20-18-16-14-12-10-8-2)70-94-98(86,87)92-66-74(81)67-93-99(88,89)95-71-76(69-91-78(83)63-57-51-45-39-33-29-23-27-31-37-43-49-55-61-73(5)6)97-80(85)65-59-53-47-41-35-28-22-21-26-30-36-42-48-54-60-72(3)4/h72-76,81H,7-71H2,1-6H3,(H,86,87)(H,88,89)/t74-,75+,76+/m0/s1. The van der Waals surface area contributed by atoms with E-state index in [1.807, 2.05) is 0 Å². The topological polar surface area (TPSA) is 237 Å². The predicted molar refractivity (Wildman–Crippen MR) is 405 cm³/mol. The molecule has 5 atom stereocenters. The van der Waals surface area contributed by atoms with Gasteiger partial charge in [-0.05, 0) is 37.5 Å². The number of hydrogen-bond donors (Lipinski definition) is 3. The Morgan fingerprint density at radius 3 is 0.687 bits per heavy atom. The second-order valence-electron chi connectivity index (χ2n) is 29.8. The molecule has 0 aromatic carbocycles. The van der Waals surface area contributed by atoms with Crippen molar-refractivity contribution >= 4 is 39.5 Å². The van der Waals surface area contributed by atoms with E-state index in [2.05, 4.69) is 41.5 Å². The van der Waals surface area contributed by atoms with Gasteiger partial charge in [-0.15, -0.1) is 0 Å². The Balaban J connectivity index is 5.26. The molecule has 588 valence electrons. The molecule has 2 unspecified atom stereocenters. The second-order valence-corrected chi connectivity index (χ2v) is 32.7. The highest BCUT2D eigenvalue weighted by Crippen LogP contribution is 2.45. The maximum Gasteiger partial charge on any atom is 0.472 e. The minimum Gasteiger partial charge on any atom is -0.462 e. The van der Waals surface area contributed by atoms with Crippen LogP contribution in [0.25, 0.3) is 0 Å². The molecular formula is C80H156O17P2. The Bertz CT molecular complexity index is 1910. The van der Waals surface area contributed by atoms with Crippen LogP contribution in [-0.4, -0.2) is 96.7 Å². The van der Waals surface area contributed by atoms with Crippen molar-refractivity contribution in [2.24, 2.45) is 11.8 Å². The second kappa shape index (κ2) is 71.7. The summed E-state index contributed by atoms with van der Waals surface area (Å²) in [5, 5.41) is 10.6. The van der Waals surface area contributed by atoms with Gasteiger partial charge in [0.05, 0.1) is 26.4 Å². The van der Waals surface area contributed by atoms with Gasteiger partial charge in [0.2, 0.25) is 0 Å². The van der Waals surface area contributed by atoms with E-state index in [0.29, 0.717) is 25.7 Å². The van der Waals surface area contributed by atoms with Gasteiger partial charge in [-0.2, -0.15) is 0 Å². The zero-order valence-electron chi connectivity index (χ0n) is 64.8. The van der Waals surface area contributed by atoms with Crippen LogP contribution < -0.4 is 0 Å². The third-order valence-corrected chi connectivity index (χ3v) is 20.6. The quantitative estimate of drug-likeness (QED) is 0.0222. The third-order valence-electron chi connectivity index (χ3n) is 18.7. The molecular weight excluding hydrogens is 1290 g/mol. The number of phosphoric acid groups is 2. The van der Waals surface area contributed by atoms with Crippen LogP contribution in [0, 0.1) is 11.8 Å². The summed E-state index contributed by atoms with van der Waals surface area (Å²) in [4.78, 5) is 73.0. The zero-order valence-corrected chi connectivity index (χ0v) is 66.6. The number of hydrogen-bond acceptors (Lipinski definition) is 15. The van der Waals surface area contributed by atoms with Crippen molar-refractivity contribution in [1.29, 1.82) is 0 Å². The van der Waals surface area contributed by atoms with Gasteiger partial charge in [-0.25, -0.2) is 9.13 Å². The highest BCUT2D eigenvalue weighted by Gasteiger charge is 2.30. The molecule has 0 aromatic heterocycles. The normalized spacial score (nSPS) is 13.9. The fourth-order valence-corrected chi connectivity index (χ4v) is 13.9. The van der Waals surface area contributed by atoms with E-state index in [-0.39, 0.29) is 25.7 Å². The summed E-state index contributed by atoms with van der Waals surface area (Å²) in [7, 11) is -9.92. The van der Waals surface area contributed by atoms with Crippen LogP contribution in [-0.2, 0) is 65.4 Å². The molecule has 0 amide bonds. The summed E-state index contributed by atoms with van der Waals surface area (Å²) >= 11 is 0. The van der Waals surface area contributed by atoms with Gasteiger partial charge in [0, 0.05) is 25.7 Å². The van der Waals surface area contributed by atoms with Gasteiger partial charge in [-0.3, -0.25) is 37.3 Å².